The molecule has 0 aliphatic carbocycles. The average molecular weight is 471 g/mol. The summed E-state index contributed by atoms with van der Waals surface area (Å²) in [6.45, 7) is 8.32. The number of anilines is 2. The highest BCUT2D eigenvalue weighted by molar-refractivity contribution is 6.06. The van der Waals surface area contributed by atoms with E-state index in [4.69, 9.17) is 9.84 Å². The Morgan fingerprint density at radius 2 is 1.69 bits per heavy atom. The van der Waals surface area contributed by atoms with Crippen LogP contribution in [0.4, 0.5) is 16.3 Å². The van der Waals surface area contributed by atoms with Crippen LogP contribution >= 0.6 is 0 Å². The zero-order valence-corrected chi connectivity index (χ0v) is 20.5. The molecule has 4 aromatic rings. The Kier molecular flexibility index (Phi) is 6.87. The van der Waals surface area contributed by atoms with E-state index in [9.17, 15) is 9.59 Å². The maximum atomic E-state index is 13.0. The van der Waals surface area contributed by atoms with Crippen LogP contribution in [-0.4, -0.2) is 28.4 Å². The van der Waals surface area contributed by atoms with E-state index in [1.165, 1.54) is 0 Å². The normalized spacial score (nSPS) is 11.3. The Morgan fingerprint density at radius 3 is 2.46 bits per heavy atom. The lowest BCUT2D eigenvalue weighted by Crippen LogP contribution is -2.21. The average Bonchev–Trinajstić information content (AvgIpc) is 3.24. The number of benzene rings is 3. The van der Waals surface area contributed by atoms with Crippen molar-refractivity contribution >= 4 is 34.3 Å². The van der Waals surface area contributed by atoms with Crippen molar-refractivity contribution in [2.75, 3.05) is 17.2 Å². The van der Waals surface area contributed by atoms with Gasteiger partial charge in [0.2, 0.25) is 0 Å². The van der Waals surface area contributed by atoms with Gasteiger partial charge in [0.1, 0.15) is 5.82 Å². The van der Waals surface area contributed by atoms with Crippen molar-refractivity contribution in [3.8, 4) is 5.69 Å². The van der Waals surface area contributed by atoms with Crippen LogP contribution in [0.2, 0.25) is 0 Å². The van der Waals surface area contributed by atoms with Crippen molar-refractivity contribution in [3.05, 3.63) is 84.1 Å². The fourth-order valence-electron chi connectivity index (χ4n) is 3.81. The molecule has 2 amide bonds. The number of carbonyl (C=O) groups is 2. The number of hydrogen-bond acceptors (Lipinski definition) is 4. The van der Waals surface area contributed by atoms with Crippen LogP contribution in [0.1, 0.15) is 39.0 Å². The number of amides is 2. The highest BCUT2D eigenvalue weighted by atomic mass is 16.5. The summed E-state index contributed by atoms with van der Waals surface area (Å²) >= 11 is 0. The summed E-state index contributed by atoms with van der Waals surface area (Å²) in [4.78, 5) is 25.0. The molecule has 0 aliphatic heterocycles. The molecule has 0 bridgehead atoms. The third-order valence-corrected chi connectivity index (χ3v) is 5.57. The molecule has 4 rings (SSSR count). The Balaban J connectivity index is 1.63. The van der Waals surface area contributed by atoms with Crippen LogP contribution in [0, 0.1) is 0 Å². The standard InChI is InChI=1S/C28H30N4O3/c1-5-35-26(33)17-19-10-8-13-21(16-19)32-25(18-24(31-32)28(2,3)4)30-27(34)29-23-15-9-12-20-11-6-7-14-22(20)23/h6-16,18H,5,17H2,1-4H3,(H2,29,30,34). The first kappa shape index (κ1) is 24.0. The number of nitrogens with zero attached hydrogens (tertiary/aromatic N) is 2. The SMILES string of the molecule is CCOC(=O)Cc1cccc(-n2nc(C(C)(C)C)cc2NC(=O)Nc2cccc3ccccc23)c1. The van der Waals surface area contributed by atoms with Crippen molar-refractivity contribution in [2.45, 2.75) is 39.5 Å². The fourth-order valence-corrected chi connectivity index (χ4v) is 3.81. The van der Waals surface area contributed by atoms with Gasteiger partial charge in [0.25, 0.3) is 0 Å². The van der Waals surface area contributed by atoms with Gasteiger partial charge in [0.15, 0.2) is 0 Å². The van der Waals surface area contributed by atoms with E-state index in [1.54, 1.807) is 11.6 Å². The molecule has 1 heterocycles. The molecule has 35 heavy (non-hydrogen) atoms. The summed E-state index contributed by atoms with van der Waals surface area (Å²) in [5.41, 5.74) is 2.87. The van der Waals surface area contributed by atoms with Gasteiger partial charge in [-0.2, -0.15) is 5.10 Å². The predicted octanol–water partition coefficient (Wildman–Crippen LogP) is 6.07. The Labute approximate surface area is 205 Å². The number of ether oxygens (including phenoxy) is 1. The summed E-state index contributed by atoms with van der Waals surface area (Å²) in [7, 11) is 0. The zero-order valence-electron chi connectivity index (χ0n) is 20.5. The summed E-state index contributed by atoms with van der Waals surface area (Å²) in [5, 5.41) is 12.7. The third kappa shape index (κ3) is 5.69. The molecule has 0 saturated carbocycles. The van der Waals surface area contributed by atoms with Crippen molar-refractivity contribution < 1.29 is 14.3 Å². The first-order valence-corrected chi connectivity index (χ1v) is 11.7. The number of aromatic nitrogens is 2. The largest absolute Gasteiger partial charge is 0.466 e. The summed E-state index contributed by atoms with van der Waals surface area (Å²) in [5.74, 6) is 0.245. The van der Waals surface area contributed by atoms with Crippen LogP contribution in [-0.2, 0) is 21.4 Å². The van der Waals surface area contributed by atoms with E-state index in [0.29, 0.717) is 12.4 Å². The molecule has 1 aromatic heterocycles. The number of nitrogens with one attached hydrogen (secondary N) is 2. The number of urea groups is 1. The number of esters is 1. The number of rotatable bonds is 6. The number of fused-ring (bicyclic) bond motifs is 1. The van der Waals surface area contributed by atoms with Gasteiger partial charge >= 0.3 is 12.0 Å². The van der Waals surface area contributed by atoms with Crippen LogP contribution in [0.15, 0.2) is 72.8 Å². The second-order valence-electron chi connectivity index (χ2n) is 9.33. The second-order valence-corrected chi connectivity index (χ2v) is 9.33. The van der Waals surface area contributed by atoms with E-state index in [0.717, 1.165) is 33.4 Å². The second kappa shape index (κ2) is 10.0. The van der Waals surface area contributed by atoms with Gasteiger partial charge in [0, 0.05) is 16.9 Å². The van der Waals surface area contributed by atoms with Gasteiger partial charge in [-0.15, -0.1) is 0 Å². The molecule has 3 aromatic carbocycles. The maximum absolute atomic E-state index is 13.0. The third-order valence-electron chi connectivity index (χ3n) is 5.57. The molecule has 0 fully saturated rings. The highest BCUT2D eigenvalue weighted by Crippen LogP contribution is 2.28. The maximum Gasteiger partial charge on any atom is 0.324 e. The van der Waals surface area contributed by atoms with Crippen LogP contribution in [0.25, 0.3) is 16.5 Å². The number of hydrogen-bond donors (Lipinski definition) is 2. The Hall–Kier alpha value is -4.13. The van der Waals surface area contributed by atoms with Crippen LogP contribution < -0.4 is 10.6 Å². The summed E-state index contributed by atoms with van der Waals surface area (Å²) in [6.07, 6.45) is 0.166. The minimum absolute atomic E-state index is 0.166. The van der Waals surface area contributed by atoms with Gasteiger partial charge in [-0.25, -0.2) is 9.48 Å². The van der Waals surface area contributed by atoms with Gasteiger partial charge < -0.3 is 10.1 Å². The van der Waals surface area contributed by atoms with E-state index in [1.807, 2.05) is 72.8 Å². The minimum atomic E-state index is -0.370. The highest BCUT2D eigenvalue weighted by Gasteiger charge is 2.22. The quantitative estimate of drug-likeness (QED) is 0.335. The molecular formula is C28H30N4O3. The molecule has 0 radical (unpaired) electrons. The van der Waals surface area contributed by atoms with Crippen LogP contribution in [0.3, 0.4) is 0 Å². The minimum Gasteiger partial charge on any atom is -0.466 e. The van der Waals surface area contributed by atoms with E-state index in [-0.39, 0.29) is 23.8 Å². The lowest BCUT2D eigenvalue weighted by molar-refractivity contribution is -0.142. The van der Waals surface area contributed by atoms with E-state index < -0.39 is 0 Å². The molecule has 2 N–H and O–H groups in total. The molecule has 0 atom stereocenters. The van der Waals surface area contributed by atoms with Crippen LogP contribution in [0.5, 0.6) is 0 Å². The molecule has 7 nitrogen and oxygen atoms in total. The first-order valence-electron chi connectivity index (χ1n) is 11.7. The molecule has 0 saturated heterocycles. The van der Waals surface area contributed by atoms with Crippen molar-refractivity contribution in [1.29, 1.82) is 0 Å². The lowest BCUT2D eigenvalue weighted by atomic mass is 9.92. The monoisotopic (exact) mass is 470 g/mol. The molecule has 180 valence electrons. The van der Waals surface area contributed by atoms with Crippen molar-refractivity contribution in [1.82, 2.24) is 9.78 Å². The topological polar surface area (TPSA) is 85.2 Å². The molecule has 7 heteroatoms. The molecular weight excluding hydrogens is 440 g/mol. The van der Waals surface area contributed by atoms with Crippen molar-refractivity contribution in [2.24, 2.45) is 0 Å². The number of carbonyl (C=O) groups excluding carboxylic acids is 2. The Morgan fingerprint density at radius 1 is 0.943 bits per heavy atom. The van der Waals surface area contributed by atoms with Gasteiger partial charge in [-0.05, 0) is 36.1 Å². The zero-order chi connectivity index (χ0) is 25.0. The van der Waals surface area contributed by atoms with E-state index in [2.05, 4.69) is 31.4 Å². The van der Waals surface area contributed by atoms with Gasteiger partial charge in [-0.3, -0.25) is 10.1 Å². The van der Waals surface area contributed by atoms with Gasteiger partial charge in [-0.1, -0.05) is 69.3 Å². The molecule has 0 aliphatic rings. The van der Waals surface area contributed by atoms with Crippen molar-refractivity contribution in [3.63, 3.8) is 0 Å². The summed E-state index contributed by atoms with van der Waals surface area (Å²) in [6, 6.07) is 22.7. The smallest absolute Gasteiger partial charge is 0.324 e. The fraction of sp³-hybridized carbons (Fsp3) is 0.250. The van der Waals surface area contributed by atoms with E-state index >= 15 is 0 Å². The molecule has 0 unspecified atom stereocenters. The molecule has 0 spiro atoms. The Bertz CT molecular complexity index is 1360. The lowest BCUT2D eigenvalue weighted by Gasteiger charge is -2.14. The first-order chi connectivity index (χ1) is 16.7. The summed E-state index contributed by atoms with van der Waals surface area (Å²) < 4.78 is 6.77. The predicted molar refractivity (Wildman–Crippen MR) is 139 cm³/mol. The van der Waals surface area contributed by atoms with Gasteiger partial charge in [0.05, 0.1) is 30.1 Å².